The Morgan fingerprint density at radius 1 is 0.767 bits per heavy atom. The molecule has 1 rings (SSSR count). The van der Waals surface area contributed by atoms with E-state index in [0.717, 1.165) is 83.8 Å². The second kappa shape index (κ2) is 20.2. The van der Waals surface area contributed by atoms with Gasteiger partial charge in [-0.15, -0.1) is 0 Å². The first kappa shape index (κ1) is 27.3. The number of hydrogen-bond donors (Lipinski definition) is 6. The Labute approximate surface area is 185 Å². The van der Waals surface area contributed by atoms with E-state index in [4.69, 9.17) is 11.5 Å². The van der Waals surface area contributed by atoms with Crippen molar-refractivity contribution in [3.05, 3.63) is 0 Å². The van der Waals surface area contributed by atoms with E-state index in [1.165, 1.54) is 44.9 Å². The van der Waals surface area contributed by atoms with Crippen molar-refractivity contribution in [1.29, 1.82) is 0 Å². The molecule has 1 aliphatic rings. The molecule has 1 unspecified atom stereocenters. The molecule has 0 aromatic heterocycles. The first-order valence-electron chi connectivity index (χ1n) is 12.6. The SMILES string of the molecule is NCCCNCCCCNCCCNC(=O)C(N)CCCCNCC1CCCCC1. The third kappa shape index (κ3) is 16.0. The smallest absolute Gasteiger partial charge is 0.236 e. The normalized spacial score (nSPS) is 15.9. The Morgan fingerprint density at radius 2 is 1.37 bits per heavy atom. The summed E-state index contributed by atoms with van der Waals surface area (Å²) in [4.78, 5) is 12.1. The largest absolute Gasteiger partial charge is 0.355 e. The minimum absolute atomic E-state index is 0.00582. The van der Waals surface area contributed by atoms with E-state index >= 15 is 0 Å². The zero-order valence-corrected chi connectivity index (χ0v) is 19.4. The molecular formula is C23H50N6O. The van der Waals surface area contributed by atoms with Gasteiger partial charge < -0.3 is 32.7 Å². The number of carbonyl (C=O) groups is 1. The van der Waals surface area contributed by atoms with Crippen LogP contribution in [0, 0.1) is 5.92 Å². The fraction of sp³-hybridized carbons (Fsp3) is 0.957. The molecule has 0 radical (unpaired) electrons. The molecular weight excluding hydrogens is 376 g/mol. The Balaban J connectivity index is 1.81. The lowest BCUT2D eigenvalue weighted by atomic mass is 9.89. The topological polar surface area (TPSA) is 117 Å². The Bertz CT molecular complexity index is 390. The van der Waals surface area contributed by atoms with E-state index in [0.29, 0.717) is 6.54 Å². The summed E-state index contributed by atoms with van der Waals surface area (Å²) in [5.74, 6) is 0.874. The van der Waals surface area contributed by atoms with Gasteiger partial charge in [-0.2, -0.15) is 0 Å². The predicted molar refractivity (Wildman–Crippen MR) is 128 cm³/mol. The van der Waals surface area contributed by atoms with Crippen molar-refractivity contribution in [2.24, 2.45) is 17.4 Å². The first-order chi connectivity index (χ1) is 14.7. The van der Waals surface area contributed by atoms with Gasteiger partial charge in [0.2, 0.25) is 5.91 Å². The third-order valence-corrected chi connectivity index (χ3v) is 5.96. The molecule has 178 valence electrons. The minimum atomic E-state index is -0.372. The van der Waals surface area contributed by atoms with Gasteiger partial charge in [0, 0.05) is 6.54 Å². The second-order valence-corrected chi connectivity index (χ2v) is 8.80. The van der Waals surface area contributed by atoms with Crippen molar-refractivity contribution < 1.29 is 4.79 Å². The zero-order chi connectivity index (χ0) is 21.7. The Hall–Kier alpha value is -0.730. The number of rotatable bonds is 20. The van der Waals surface area contributed by atoms with Crippen molar-refractivity contribution in [3.63, 3.8) is 0 Å². The van der Waals surface area contributed by atoms with Crippen LogP contribution in [0.1, 0.15) is 77.0 Å². The average molecular weight is 427 g/mol. The first-order valence-corrected chi connectivity index (χ1v) is 12.6. The summed E-state index contributed by atoms with van der Waals surface area (Å²) in [7, 11) is 0. The zero-order valence-electron chi connectivity index (χ0n) is 19.4. The van der Waals surface area contributed by atoms with Crippen LogP contribution in [0.3, 0.4) is 0 Å². The monoisotopic (exact) mass is 426 g/mol. The highest BCUT2D eigenvalue weighted by molar-refractivity contribution is 5.81. The number of hydrogen-bond acceptors (Lipinski definition) is 6. The van der Waals surface area contributed by atoms with E-state index in [1.54, 1.807) is 0 Å². The summed E-state index contributed by atoms with van der Waals surface area (Å²) >= 11 is 0. The Kier molecular flexibility index (Phi) is 18.4. The molecule has 1 amide bonds. The molecule has 7 heteroatoms. The number of amides is 1. The highest BCUT2D eigenvalue weighted by Crippen LogP contribution is 2.22. The molecule has 0 saturated heterocycles. The van der Waals surface area contributed by atoms with Crippen LogP contribution in [-0.4, -0.2) is 64.3 Å². The van der Waals surface area contributed by atoms with Gasteiger partial charge in [0.05, 0.1) is 6.04 Å². The van der Waals surface area contributed by atoms with Crippen molar-refractivity contribution in [2.45, 2.75) is 83.1 Å². The summed E-state index contributed by atoms with van der Waals surface area (Å²) in [6.07, 6.45) is 14.2. The maximum absolute atomic E-state index is 12.1. The standard InChI is InChI=1S/C23H50N6O/c24-13-8-17-26-14-6-7-15-27-18-9-19-29-23(30)22(25)12-4-5-16-28-20-21-10-2-1-3-11-21/h21-22,26-28H,1-20,24-25H2,(H,29,30). The van der Waals surface area contributed by atoms with Crippen LogP contribution in [-0.2, 0) is 4.79 Å². The molecule has 0 aliphatic heterocycles. The average Bonchev–Trinajstić information content (AvgIpc) is 2.77. The summed E-state index contributed by atoms with van der Waals surface area (Å²) in [6, 6.07) is -0.372. The van der Waals surface area contributed by atoms with Gasteiger partial charge in [0.15, 0.2) is 0 Å². The third-order valence-electron chi connectivity index (χ3n) is 5.96. The van der Waals surface area contributed by atoms with E-state index in [9.17, 15) is 4.79 Å². The molecule has 8 N–H and O–H groups in total. The lowest BCUT2D eigenvalue weighted by Gasteiger charge is -2.21. The van der Waals surface area contributed by atoms with E-state index in [2.05, 4.69) is 21.3 Å². The van der Waals surface area contributed by atoms with Gasteiger partial charge in [-0.05, 0) is 103 Å². The fourth-order valence-corrected chi connectivity index (χ4v) is 3.98. The van der Waals surface area contributed by atoms with Crippen LogP contribution in [0.4, 0.5) is 0 Å². The van der Waals surface area contributed by atoms with Crippen LogP contribution >= 0.6 is 0 Å². The molecule has 0 aromatic rings. The molecule has 7 nitrogen and oxygen atoms in total. The van der Waals surface area contributed by atoms with Gasteiger partial charge in [0.25, 0.3) is 0 Å². The molecule has 1 saturated carbocycles. The summed E-state index contributed by atoms with van der Waals surface area (Å²) < 4.78 is 0. The molecule has 0 spiro atoms. The Morgan fingerprint density at radius 3 is 2.07 bits per heavy atom. The summed E-state index contributed by atoms with van der Waals surface area (Å²) in [5, 5.41) is 13.4. The van der Waals surface area contributed by atoms with Crippen LogP contribution in [0.2, 0.25) is 0 Å². The fourth-order valence-electron chi connectivity index (χ4n) is 3.98. The van der Waals surface area contributed by atoms with E-state index in [-0.39, 0.29) is 11.9 Å². The quantitative estimate of drug-likeness (QED) is 0.164. The van der Waals surface area contributed by atoms with Crippen molar-refractivity contribution in [2.75, 3.05) is 52.4 Å². The van der Waals surface area contributed by atoms with Gasteiger partial charge in [0.1, 0.15) is 0 Å². The minimum Gasteiger partial charge on any atom is -0.355 e. The number of carbonyl (C=O) groups excluding carboxylic acids is 1. The predicted octanol–water partition coefficient (Wildman–Crippen LogP) is 1.47. The van der Waals surface area contributed by atoms with Crippen LogP contribution in [0.5, 0.6) is 0 Å². The molecule has 0 bridgehead atoms. The number of nitrogens with one attached hydrogen (secondary N) is 4. The van der Waals surface area contributed by atoms with Crippen molar-refractivity contribution >= 4 is 5.91 Å². The number of nitrogens with two attached hydrogens (primary N) is 2. The highest BCUT2D eigenvalue weighted by atomic mass is 16.2. The van der Waals surface area contributed by atoms with Crippen LogP contribution in [0.25, 0.3) is 0 Å². The molecule has 30 heavy (non-hydrogen) atoms. The van der Waals surface area contributed by atoms with Crippen LogP contribution < -0.4 is 32.7 Å². The maximum atomic E-state index is 12.1. The van der Waals surface area contributed by atoms with Crippen molar-refractivity contribution in [1.82, 2.24) is 21.3 Å². The maximum Gasteiger partial charge on any atom is 0.236 e. The van der Waals surface area contributed by atoms with Gasteiger partial charge >= 0.3 is 0 Å². The van der Waals surface area contributed by atoms with Gasteiger partial charge in [-0.3, -0.25) is 4.79 Å². The van der Waals surface area contributed by atoms with E-state index in [1.807, 2.05) is 0 Å². The van der Waals surface area contributed by atoms with Gasteiger partial charge in [-0.1, -0.05) is 25.7 Å². The second-order valence-electron chi connectivity index (χ2n) is 8.80. The van der Waals surface area contributed by atoms with Crippen molar-refractivity contribution in [3.8, 4) is 0 Å². The summed E-state index contributed by atoms with van der Waals surface area (Å²) in [6.45, 7) is 7.70. The lowest BCUT2D eigenvalue weighted by Crippen LogP contribution is -2.41. The molecule has 0 heterocycles. The van der Waals surface area contributed by atoms with Gasteiger partial charge in [-0.25, -0.2) is 0 Å². The molecule has 1 atom stereocenters. The highest BCUT2D eigenvalue weighted by Gasteiger charge is 2.13. The van der Waals surface area contributed by atoms with E-state index < -0.39 is 0 Å². The number of unbranched alkanes of at least 4 members (excludes halogenated alkanes) is 2. The summed E-state index contributed by atoms with van der Waals surface area (Å²) in [5.41, 5.74) is 11.5. The molecule has 1 fully saturated rings. The lowest BCUT2D eigenvalue weighted by molar-refractivity contribution is -0.122. The van der Waals surface area contributed by atoms with Crippen LogP contribution in [0.15, 0.2) is 0 Å². The molecule has 1 aliphatic carbocycles. The molecule has 0 aromatic carbocycles.